The zero-order valence-electron chi connectivity index (χ0n) is 9.63. The van der Waals surface area contributed by atoms with Gasteiger partial charge < -0.3 is 11.1 Å². The van der Waals surface area contributed by atoms with Gasteiger partial charge in [-0.2, -0.15) is 4.98 Å². The predicted molar refractivity (Wildman–Crippen MR) is 69.7 cm³/mol. The molecule has 2 aromatic rings. The van der Waals surface area contributed by atoms with Gasteiger partial charge in [-0.05, 0) is 24.5 Å². The fraction of sp³-hybridized carbons (Fsp3) is 0.231. The van der Waals surface area contributed by atoms with Crippen molar-refractivity contribution in [3.05, 3.63) is 48.2 Å². The molecule has 0 aliphatic rings. The van der Waals surface area contributed by atoms with Crippen LogP contribution in [-0.2, 0) is 6.42 Å². The Balaban J connectivity index is 1.73. The Morgan fingerprint density at radius 2 is 1.94 bits per heavy atom. The molecule has 0 bridgehead atoms. The van der Waals surface area contributed by atoms with Gasteiger partial charge in [0, 0.05) is 12.7 Å². The number of nitrogens with two attached hydrogens (primary N) is 1. The van der Waals surface area contributed by atoms with Gasteiger partial charge in [-0.1, -0.05) is 30.3 Å². The topological polar surface area (TPSA) is 63.8 Å². The molecule has 17 heavy (non-hydrogen) atoms. The Labute approximate surface area is 101 Å². The highest BCUT2D eigenvalue weighted by molar-refractivity contribution is 5.34. The summed E-state index contributed by atoms with van der Waals surface area (Å²) in [6.07, 6.45) is 3.75. The second kappa shape index (κ2) is 5.84. The van der Waals surface area contributed by atoms with Gasteiger partial charge in [0.25, 0.3) is 0 Å². The molecule has 1 heterocycles. The van der Waals surface area contributed by atoms with Crippen molar-refractivity contribution in [2.75, 3.05) is 17.6 Å². The largest absolute Gasteiger partial charge is 0.384 e. The summed E-state index contributed by atoms with van der Waals surface area (Å²) in [5.41, 5.74) is 6.91. The minimum absolute atomic E-state index is 0.491. The first-order valence-corrected chi connectivity index (χ1v) is 5.71. The summed E-state index contributed by atoms with van der Waals surface area (Å²) in [7, 11) is 0. The molecular formula is C13H16N4. The van der Waals surface area contributed by atoms with Crippen LogP contribution in [0, 0.1) is 0 Å². The van der Waals surface area contributed by atoms with Crippen molar-refractivity contribution in [3.63, 3.8) is 0 Å². The number of hydrogen-bond acceptors (Lipinski definition) is 4. The molecule has 0 atom stereocenters. The van der Waals surface area contributed by atoms with Gasteiger partial charge in [-0.25, -0.2) is 4.98 Å². The number of aromatic nitrogens is 2. The fourth-order valence-electron chi connectivity index (χ4n) is 1.60. The Kier molecular flexibility index (Phi) is 3.91. The molecular weight excluding hydrogens is 212 g/mol. The van der Waals surface area contributed by atoms with Gasteiger partial charge in [0.15, 0.2) is 0 Å². The minimum Gasteiger partial charge on any atom is -0.384 e. The lowest BCUT2D eigenvalue weighted by molar-refractivity contribution is 0.853. The highest BCUT2D eigenvalue weighted by atomic mass is 15.1. The number of benzene rings is 1. The van der Waals surface area contributed by atoms with Crippen molar-refractivity contribution in [2.45, 2.75) is 12.8 Å². The standard InChI is InChI=1S/C13H16N4/c14-12-8-10-16-13(17-12)15-9-4-7-11-5-2-1-3-6-11/h1-3,5-6,8,10H,4,7,9H2,(H3,14,15,16,17). The molecule has 4 nitrogen and oxygen atoms in total. The van der Waals surface area contributed by atoms with E-state index in [4.69, 9.17) is 5.73 Å². The van der Waals surface area contributed by atoms with E-state index in [1.807, 2.05) is 6.07 Å². The van der Waals surface area contributed by atoms with Crippen LogP contribution in [0.15, 0.2) is 42.6 Å². The highest BCUT2D eigenvalue weighted by Gasteiger charge is 1.96. The SMILES string of the molecule is Nc1ccnc(NCCCc2ccccc2)n1. The van der Waals surface area contributed by atoms with E-state index < -0.39 is 0 Å². The van der Waals surface area contributed by atoms with Crippen molar-refractivity contribution >= 4 is 11.8 Å². The second-order valence-corrected chi connectivity index (χ2v) is 3.82. The van der Waals surface area contributed by atoms with Crippen LogP contribution in [0.1, 0.15) is 12.0 Å². The summed E-state index contributed by atoms with van der Waals surface area (Å²) in [6, 6.07) is 12.1. The van der Waals surface area contributed by atoms with Crippen LogP contribution >= 0.6 is 0 Å². The van der Waals surface area contributed by atoms with Crippen LogP contribution in [0.4, 0.5) is 11.8 Å². The first-order valence-electron chi connectivity index (χ1n) is 5.71. The number of nitrogens with zero attached hydrogens (tertiary/aromatic N) is 2. The molecule has 0 aliphatic carbocycles. The normalized spacial score (nSPS) is 10.1. The van der Waals surface area contributed by atoms with Crippen LogP contribution in [0.5, 0.6) is 0 Å². The number of hydrogen-bond donors (Lipinski definition) is 2. The van der Waals surface area contributed by atoms with Gasteiger partial charge in [0.2, 0.25) is 5.95 Å². The molecule has 1 aromatic heterocycles. The van der Waals surface area contributed by atoms with Crippen LogP contribution in [0.2, 0.25) is 0 Å². The van der Waals surface area contributed by atoms with Gasteiger partial charge in [-0.3, -0.25) is 0 Å². The molecule has 0 aliphatic heterocycles. The molecule has 1 aromatic carbocycles. The molecule has 2 rings (SSSR count). The molecule has 4 heteroatoms. The van der Waals surface area contributed by atoms with Crippen LogP contribution in [0.25, 0.3) is 0 Å². The Morgan fingerprint density at radius 3 is 2.71 bits per heavy atom. The maximum Gasteiger partial charge on any atom is 0.224 e. The average Bonchev–Trinajstić information content (AvgIpc) is 2.36. The van der Waals surface area contributed by atoms with Crippen molar-refractivity contribution in [1.82, 2.24) is 9.97 Å². The lowest BCUT2D eigenvalue weighted by Crippen LogP contribution is -2.07. The first-order chi connectivity index (χ1) is 8.34. The third kappa shape index (κ3) is 3.75. The van der Waals surface area contributed by atoms with E-state index in [2.05, 4.69) is 39.6 Å². The maximum atomic E-state index is 5.56. The molecule has 0 saturated carbocycles. The first kappa shape index (κ1) is 11.4. The van der Waals surface area contributed by atoms with Crippen molar-refractivity contribution in [1.29, 1.82) is 0 Å². The highest BCUT2D eigenvalue weighted by Crippen LogP contribution is 2.04. The lowest BCUT2D eigenvalue weighted by atomic mass is 10.1. The maximum absolute atomic E-state index is 5.56. The summed E-state index contributed by atoms with van der Waals surface area (Å²) >= 11 is 0. The summed E-state index contributed by atoms with van der Waals surface area (Å²) in [5, 5.41) is 3.15. The third-order valence-electron chi connectivity index (χ3n) is 2.45. The fourth-order valence-corrected chi connectivity index (χ4v) is 1.60. The van der Waals surface area contributed by atoms with Crippen molar-refractivity contribution in [3.8, 4) is 0 Å². The smallest absolute Gasteiger partial charge is 0.224 e. The van der Waals surface area contributed by atoms with E-state index in [1.165, 1.54) is 5.56 Å². The van der Waals surface area contributed by atoms with Crippen LogP contribution in [0.3, 0.4) is 0 Å². The quantitative estimate of drug-likeness (QED) is 0.769. The van der Waals surface area contributed by atoms with Gasteiger partial charge in [0.1, 0.15) is 5.82 Å². The van der Waals surface area contributed by atoms with Crippen molar-refractivity contribution < 1.29 is 0 Å². The number of nitrogen functional groups attached to an aromatic ring is 1. The number of nitrogens with one attached hydrogen (secondary N) is 1. The molecule has 0 saturated heterocycles. The number of rotatable bonds is 5. The minimum atomic E-state index is 0.491. The van der Waals surface area contributed by atoms with Gasteiger partial charge in [-0.15, -0.1) is 0 Å². The molecule has 0 spiro atoms. The predicted octanol–water partition coefficient (Wildman–Crippen LogP) is 2.10. The van der Waals surface area contributed by atoms with Crippen molar-refractivity contribution in [2.24, 2.45) is 0 Å². The van der Waals surface area contributed by atoms with E-state index in [1.54, 1.807) is 12.3 Å². The molecule has 88 valence electrons. The summed E-state index contributed by atoms with van der Waals surface area (Å²) < 4.78 is 0. The van der Waals surface area contributed by atoms with E-state index in [0.717, 1.165) is 19.4 Å². The second-order valence-electron chi connectivity index (χ2n) is 3.82. The number of anilines is 2. The molecule has 0 radical (unpaired) electrons. The Bertz CT molecular complexity index is 456. The molecule has 0 fully saturated rings. The summed E-state index contributed by atoms with van der Waals surface area (Å²) in [6.45, 7) is 0.846. The third-order valence-corrected chi connectivity index (χ3v) is 2.45. The molecule has 3 N–H and O–H groups in total. The van der Waals surface area contributed by atoms with E-state index >= 15 is 0 Å². The lowest BCUT2D eigenvalue weighted by Gasteiger charge is -2.04. The monoisotopic (exact) mass is 228 g/mol. The van der Waals surface area contributed by atoms with Crippen LogP contribution < -0.4 is 11.1 Å². The van der Waals surface area contributed by atoms with Crippen LogP contribution in [-0.4, -0.2) is 16.5 Å². The number of aryl methyl sites for hydroxylation is 1. The summed E-state index contributed by atoms with van der Waals surface area (Å²) in [4.78, 5) is 8.16. The molecule has 0 unspecified atom stereocenters. The van der Waals surface area contributed by atoms with E-state index in [9.17, 15) is 0 Å². The molecule has 0 amide bonds. The zero-order chi connectivity index (χ0) is 11.9. The Morgan fingerprint density at radius 1 is 1.12 bits per heavy atom. The van der Waals surface area contributed by atoms with Gasteiger partial charge in [0.05, 0.1) is 0 Å². The average molecular weight is 228 g/mol. The zero-order valence-corrected chi connectivity index (χ0v) is 9.63. The van der Waals surface area contributed by atoms with E-state index in [-0.39, 0.29) is 0 Å². The van der Waals surface area contributed by atoms with Gasteiger partial charge >= 0.3 is 0 Å². The Hall–Kier alpha value is -2.10. The summed E-state index contributed by atoms with van der Waals surface area (Å²) in [5.74, 6) is 1.09. The van der Waals surface area contributed by atoms with E-state index in [0.29, 0.717) is 11.8 Å².